The second kappa shape index (κ2) is 6.38. The number of hydrogen-bond donors (Lipinski definition) is 2. The minimum atomic E-state index is 0.182. The molecule has 0 aromatic rings. The van der Waals surface area contributed by atoms with E-state index in [1.54, 1.807) is 0 Å². The Morgan fingerprint density at radius 2 is 1.89 bits per heavy atom. The fourth-order valence-corrected chi connectivity index (χ4v) is 3.74. The van der Waals surface area contributed by atoms with Crippen LogP contribution in [0.4, 0.5) is 0 Å². The Bertz CT molecular complexity index is 239. The molecule has 0 amide bonds. The third kappa shape index (κ3) is 3.96. The summed E-state index contributed by atoms with van der Waals surface area (Å²) in [7, 11) is 0. The van der Waals surface area contributed by atoms with E-state index in [-0.39, 0.29) is 11.1 Å². The summed E-state index contributed by atoms with van der Waals surface area (Å²) >= 11 is 0. The van der Waals surface area contributed by atoms with Gasteiger partial charge in [-0.2, -0.15) is 0 Å². The van der Waals surface area contributed by atoms with E-state index in [0.29, 0.717) is 6.04 Å². The number of rotatable bonds is 7. The molecule has 1 aliphatic rings. The van der Waals surface area contributed by atoms with Crippen molar-refractivity contribution in [2.75, 3.05) is 6.54 Å². The molecule has 2 atom stereocenters. The molecule has 1 saturated heterocycles. The lowest BCUT2D eigenvalue weighted by molar-refractivity contribution is 0.150. The summed E-state index contributed by atoms with van der Waals surface area (Å²) in [4.78, 5) is 0. The van der Waals surface area contributed by atoms with Crippen LogP contribution < -0.4 is 10.6 Å². The molecule has 1 fully saturated rings. The van der Waals surface area contributed by atoms with Gasteiger partial charge < -0.3 is 10.6 Å². The molecule has 0 aliphatic carbocycles. The van der Waals surface area contributed by atoms with Crippen LogP contribution in [-0.4, -0.2) is 23.7 Å². The Balaban J connectivity index is 2.66. The van der Waals surface area contributed by atoms with Crippen LogP contribution in [0.3, 0.4) is 0 Å². The SMILES string of the molecule is CCCC(CC)C(C)(C)NC(C)(C)C1CCCN1. The van der Waals surface area contributed by atoms with Crippen LogP contribution in [0.15, 0.2) is 0 Å². The Morgan fingerprint density at radius 3 is 2.33 bits per heavy atom. The quantitative estimate of drug-likeness (QED) is 0.723. The minimum Gasteiger partial charge on any atom is -0.312 e. The van der Waals surface area contributed by atoms with Crippen LogP contribution in [0, 0.1) is 5.92 Å². The summed E-state index contributed by atoms with van der Waals surface area (Å²) in [5, 5.41) is 7.59. The van der Waals surface area contributed by atoms with Crippen LogP contribution in [0.1, 0.15) is 73.6 Å². The highest BCUT2D eigenvalue weighted by Gasteiger charge is 2.38. The summed E-state index contributed by atoms with van der Waals surface area (Å²) in [6.07, 6.45) is 6.50. The molecule has 2 unspecified atom stereocenters. The second-order valence-corrected chi connectivity index (χ2v) is 7.11. The predicted molar refractivity (Wildman–Crippen MR) is 81.0 cm³/mol. The third-order valence-corrected chi connectivity index (χ3v) is 4.73. The number of hydrogen-bond acceptors (Lipinski definition) is 2. The molecule has 1 aliphatic heterocycles. The molecule has 0 saturated carbocycles. The largest absolute Gasteiger partial charge is 0.312 e. The fraction of sp³-hybridized carbons (Fsp3) is 1.00. The topological polar surface area (TPSA) is 24.1 Å². The molecule has 2 heteroatoms. The lowest BCUT2D eigenvalue weighted by Gasteiger charge is -2.45. The zero-order valence-electron chi connectivity index (χ0n) is 13.4. The maximum atomic E-state index is 3.95. The predicted octanol–water partition coefficient (Wildman–Crippen LogP) is 3.71. The van der Waals surface area contributed by atoms with Gasteiger partial charge in [-0.15, -0.1) is 0 Å². The van der Waals surface area contributed by atoms with Gasteiger partial charge in [0.1, 0.15) is 0 Å². The van der Waals surface area contributed by atoms with Crippen LogP contribution in [0.5, 0.6) is 0 Å². The first-order valence-electron chi connectivity index (χ1n) is 7.86. The first kappa shape index (κ1) is 16.0. The summed E-state index contributed by atoms with van der Waals surface area (Å²) in [6, 6.07) is 0.621. The van der Waals surface area contributed by atoms with Gasteiger partial charge in [0.25, 0.3) is 0 Å². The summed E-state index contributed by atoms with van der Waals surface area (Å²) < 4.78 is 0. The van der Waals surface area contributed by atoms with E-state index in [0.717, 1.165) is 5.92 Å². The summed E-state index contributed by atoms with van der Waals surface area (Å²) in [6.45, 7) is 15.3. The molecular formula is C16H34N2. The Labute approximate surface area is 114 Å². The zero-order valence-corrected chi connectivity index (χ0v) is 13.4. The molecule has 0 bridgehead atoms. The molecule has 0 aromatic carbocycles. The third-order valence-electron chi connectivity index (χ3n) is 4.73. The Hall–Kier alpha value is -0.0800. The summed E-state index contributed by atoms with van der Waals surface area (Å²) in [5.41, 5.74) is 0.402. The van der Waals surface area contributed by atoms with E-state index in [4.69, 9.17) is 0 Å². The molecule has 0 radical (unpaired) electrons. The van der Waals surface area contributed by atoms with E-state index >= 15 is 0 Å². The zero-order chi connectivity index (χ0) is 13.8. The second-order valence-electron chi connectivity index (χ2n) is 7.11. The highest BCUT2D eigenvalue weighted by atomic mass is 15.1. The van der Waals surface area contributed by atoms with Crippen LogP contribution in [0.25, 0.3) is 0 Å². The van der Waals surface area contributed by atoms with Crippen LogP contribution in [0.2, 0.25) is 0 Å². The molecule has 2 nitrogen and oxygen atoms in total. The number of nitrogens with one attached hydrogen (secondary N) is 2. The lowest BCUT2D eigenvalue weighted by Crippen LogP contribution is -2.62. The minimum absolute atomic E-state index is 0.182. The maximum absolute atomic E-state index is 3.95. The van der Waals surface area contributed by atoms with E-state index in [1.807, 2.05) is 0 Å². The van der Waals surface area contributed by atoms with Gasteiger partial charge in [0, 0.05) is 17.1 Å². The Kier molecular flexibility index (Phi) is 5.67. The van der Waals surface area contributed by atoms with Crippen molar-refractivity contribution in [3.8, 4) is 0 Å². The van der Waals surface area contributed by atoms with Gasteiger partial charge in [-0.25, -0.2) is 0 Å². The van der Waals surface area contributed by atoms with Gasteiger partial charge in [0.05, 0.1) is 0 Å². The van der Waals surface area contributed by atoms with E-state index in [9.17, 15) is 0 Å². The van der Waals surface area contributed by atoms with E-state index in [2.05, 4.69) is 52.2 Å². The first-order valence-corrected chi connectivity index (χ1v) is 7.86. The van der Waals surface area contributed by atoms with Crippen molar-refractivity contribution in [1.29, 1.82) is 0 Å². The molecule has 2 N–H and O–H groups in total. The molecular weight excluding hydrogens is 220 g/mol. The fourth-order valence-electron chi connectivity index (χ4n) is 3.74. The highest BCUT2D eigenvalue weighted by molar-refractivity contribution is 5.00. The van der Waals surface area contributed by atoms with Crippen molar-refractivity contribution in [2.24, 2.45) is 5.92 Å². The van der Waals surface area contributed by atoms with Crippen LogP contribution >= 0.6 is 0 Å². The van der Waals surface area contributed by atoms with Crippen molar-refractivity contribution >= 4 is 0 Å². The molecule has 0 spiro atoms. The van der Waals surface area contributed by atoms with Gasteiger partial charge in [-0.05, 0) is 59.4 Å². The van der Waals surface area contributed by atoms with Crippen molar-refractivity contribution in [3.05, 3.63) is 0 Å². The Morgan fingerprint density at radius 1 is 1.22 bits per heavy atom. The van der Waals surface area contributed by atoms with Gasteiger partial charge in [-0.1, -0.05) is 26.7 Å². The van der Waals surface area contributed by atoms with Crippen molar-refractivity contribution in [2.45, 2.75) is 90.8 Å². The molecule has 1 heterocycles. The summed E-state index contributed by atoms with van der Waals surface area (Å²) in [5.74, 6) is 0.767. The van der Waals surface area contributed by atoms with Gasteiger partial charge in [0.2, 0.25) is 0 Å². The van der Waals surface area contributed by atoms with Gasteiger partial charge >= 0.3 is 0 Å². The maximum Gasteiger partial charge on any atom is 0.0283 e. The molecule has 1 rings (SSSR count). The van der Waals surface area contributed by atoms with E-state index < -0.39 is 0 Å². The molecule has 0 aromatic heterocycles. The van der Waals surface area contributed by atoms with Gasteiger partial charge in [0.15, 0.2) is 0 Å². The normalized spacial score (nSPS) is 23.3. The monoisotopic (exact) mass is 254 g/mol. The first-order chi connectivity index (χ1) is 8.33. The highest BCUT2D eigenvalue weighted by Crippen LogP contribution is 2.29. The van der Waals surface area contributed by atoms with Crippen molar-refractivity contribution in [3.63, 3.8) is 0 Å². The standard InChI is InChI=1S/C16H34N2/c1-7-10-13(8-2)15(3,4)18-16(5,6)14-11-9-12-17-14/h13-14,17-18H,7-12H2,1-6H3. The molecule has 108 valence electrons. The van der Waals surface area contributed by atoms with E-state index in [1.165, 1.54) is 38.6 Å². The van der Waals surface area contributed by atoms with Crippen molar-refractivity contribution in [1.82, 2.24) is 10.6 Å². The lowest BCUT2D eigenvalue weighted by atomic mass is 9.79. The van der Waals surface area contributed by atoms with Crippen molar-refractivity contribution < 1.29 is 0 Å². The average molecular weight is 254 g/mol. The smallest absolute Gasteiger partial charge is 0.0283 e. The molecule has 18 heavy (non-hydrogen) atoms. The average Bonchev–Trinajstić information content (AvgIpc) is 2.77. The van der Waals surface area contributed by atoms with Gasteiger partial charge in [-0.3, -0.25) is 0 Å². The van der Waals surface area contributed by atoms with Crippen LogP contribution in [-0.2, 0) is 0 Å².